The Morgan fingerprint density at radius 1 is 1.44 bits per heavy atom. The zero-order valence-electron chi connectivity index (χ0n) is 10.8. The fourth-order valence-corrected chi connectivity index (χ4v) is 2.85. The summed E-state index contributed by atoms with van der Waals surface area (Å²) in [5.41, 5.74) is 0. The Morgan fingerprint density at radius 2 is 2.12 bits per heavy atom. The summed E-state index contributed by atoms with van der Waals surface area (Å²) in [6.07, 6.45) is 5.33. The Hall–Kier alpha value is -0.220. The third-order valence-electron chi connectivity index (χ3n) is 3.29. The first-order valence-corrected chi connectivity index (χ1v) is 7.62. The van der Waals surface area contributed by atoms with Gasteiger partial charge in [-0.05, 0) is 38.2 Å². The van der Waals surface area contributed by atoms with Gasteiger partial charge in [0.05, 0.1) is 12.2 Å². The highest BCUT2D eigenvalue weighted by atomic mass is 32.2. The van der Waals surface area contributed by atoms with E-state index in [1.807, 2.05) is 11.8 Å². The number of carbonyl (C=O) groups is 1. The minimum atomic E-state index is 0.0432. The van der Waals surface area contributed by atoms with Crippen LogP contribution in [0.4, 0.5) is 0 Å². The van der Waals surface area contributed by atoms with Crippen LogP contribution in [-0.2, 0) is 4.79 Å². The SMILES string of the molecule is CCC1NC(CC)N(C(C)CCSC)C1=O. The lowest BCUT2D eigenvalue weighted by atomic mass is 10.2. The second-order valence-corrected chi connectivity index (χ2v) is 5.41. The van der Waals surface area contributed by atoms with Crippen molar-refractivity contribution in [3.63, 3.8) is 0 Å². The predicted octanol–water partition coefficient (Wildman–Crippen LogP) is 2.07. The number of rotatable bonds is 6. The van der Waals surface area contributed by atoms with E-state index in [4.69, 9.17) is 0 Å². The first kappa shape index (κ1) is 13.8. The van der Waals surface area contributed by atoms with E-state index in [0.29, 0.717) is 11.9 Å². The Morgan fingerprint density at radius 3 is 2.62 bits per heavy atom. The lowest BCUT2D eigenvalue weighted by molar-refractivity contribution is -0.132. The van der Waals surface area contributed by atoms with Crippen molar-refractivity contribution in [2.75, 3.05) is 12.0 Å². The van der Waals surface area contributed by atoms with Gasteiger partial charge < -0.3 is 4.90 Å². The maximum absolute atomic E-state index is 12.2. The Kier molecular flexibility index (Phi) is 5.62. The van der Waals surface area contributed by atoms with E-state index in [0.717, 1.165) is 25.0 Å². The van der Waals surface area contributed by atoms with Gasteiger partial charge in [-0.2, -0.15) is 11.8 Å². The van der Waals surface area contributed by atoms with Gasteiger partial charge in [0.15, 0.2) is 0 Å². The third-order valence-corrected chi connectivity index (χ3v) is 3.94. The van der Waals surface area contributed by atoms with Gasteiger partial charge in [-0.1, -0.05) is 13.8 Å². The summed E-state index contributed by atoms with van der Waals surface area (Å²) in [6.45, 7) is 6.37. The van der Waals surface area contributed by atoms with Crippen LogP contribution in [0.2, 0.25) is 0 Å². The van der Waals surface area contributed by atoms with E-state index >= 15 is 0 Å². The molecule has 1 heterocycles. The largest absolute Gasteiger partial charge is 0.323 e. The minimum absolute atomic E-state index is 0.0432. The van der Waals surface area contributed by atoms with Gasteiger partial charge in [0, 0.05) is 6.04 Å². The van der Waals surface area contributed by atoms with E-state index in [1.54, 1.807) is 0 Å². The molecule has 0 radical (unpaired) electrons. The van der Waals surface area contributed by atoms with Crippen molar-refractivity contribution in [3.05, 3.63) is 0 Å². The van der Waals surface area contributed by atoms with Crippen molar-refractivity contribution >= 4 is 17.7 Å². The number of thioether (sulfide) groups is 1. The molecule has 94 valence electrons. The van der Waals surface area contributed by atoms with Crippen LogP contribution in [0.3, 0.4) is 0 Å². The average molecular weight is 244 g/mol. The van der Waals surface area contributed by atoms with Gasteiger partial charge in [-0.3, -0.25) is 10.1 Å². The normalized spacial score (nSPS) is 27.5. The molecule has 1 saturated heterocycles. The molecule has 1 aliphatic rings. The molecule has 1 fully saturated rings. The predicted molar refractivity (Wildman–Crippen MR) is 70.6 cm³/mol. The molecule has 3 atom stereocenters. The van der Waals surface area contributed by atoms with Crippen LogP contribution in [0.25, 0.3) is 0 Å². The van der Waals surface area contributed by atoms with Gasteiger partial charge in [-0.15, -0.1) is 0 Å². The summed E-state index contributed by atoms with van der Waals surface area (Å²) < 4.78 is 0. The molecule has 3 nitrogen and oxygen atoms in total. The smallest absolute Gasteiger partial charge is 0.241 e. The molecule has 0 aromatic rings. The molecule has 0 spiro atoms. The van der Waals surface area contributed by atoms with E-state index in [9.17, 15) is 4.79 Å². The summed E-state index contributed by atoms with van der Waals surface area (Å²) in [5.74, 6) is 1.42. The van der Waals surface area contributed by atoms with Crippen molar-refractivity contribution in [1.29, 1.82) is 0 Å². The van der Waals surface area contributed by atoms with E-state index < -0.39 is 0 Å². The molecule has 0 aliphatic carbocycles. The zero-order chi connectivity index (χ0) is 12.1. The third kappa shape index (κ3) is 2.92. The van der Waals surface area contributed by atoms with Crippen LogP contribution in [0.1, 0.15) is 40.0 Å². The zero-order valence-corrected chi connectivity index (χ0v) is 11.6. The molecule has 0 aromatic carbocycles. The highest BCUT2D eigenvalue weighted by Gasteiger charge is 2.38. The maximum Gasteiger partial charge on any atom is 0.241 e. The lowest BCUT2D eigenvalue weighted by Gasteiger charge is -2.29. The summed E-state index contributed by atoms with van der Waals surface area (Å²) in [4.78, 5) is 14.2. The first-order valence-electron chi connectivity index (χ1n) is 6.22. The number of hydrogen-bond acceptors (Lipinski definition) is 3. The molecular formula is C12H24N2OS. The van der Waals surface area contributed by atoms with Gasteiger partial charge in [0.2, 0.25) is 5.91 Å². The Labute approximate surface area is 103 Å². The van der Waals surface area contributed by atoms with Crippen LogP contribution in [0.5, 0.6) is 0 Å². The molecular weight excluding hydrogens is 220 g/mol. The van der Waals surface area contributed by atoms with Crippen molar-refractivity contribution in [2.24, 2.45) is 0 Å². The number of amides is 1. The Balaban J connectivity index is 2.64. The van der Waals surface area contributed by atoms with Crippen LogP contribution >= 0.6 is 11.8 Å². The quantitative estimate of drug-likeness (QED) is 0.776. The Bertz CT molecular complexity index is 235. The highest BCUT2D eigenvalue weighted by molar-refractivity contribution is 7.98. The van der Waals surface area contributed by atoms with Gasteiger partial charge in [0.25, 0.3) is 0 Å². The molecule has 1 amide bonds. The van der Waals surface area contributed by atoms with Gasteiger partial charge in [-0.25, -0.2) is 0 Å². The molecule has 0 saturated carbocycles. The molecule has 3 unspecified atom stereocenters. The molecule has 1 rings (SSSR count). The topological polar surface area (TPSA) is 32.3 Å². The van der Waals surface area contributed by atoms with Crippen molar-refractivity contribution in [1.82, 2.24) is 10.2 Å². The number of carbonyl (C=O) groups excluding carboxylic acids is 1. The van der Waals surface area contributed by atoms with Crippen LogP contribution in [0, 0.1) is 0 Å². The van der Waals surface area contributed by atoms with Crippen LogP contribution in [-0.4, -0.2) is 41.1 Å². The molecule has 4 heteroatoms. The average Bonchev–Trinajstić information content (AvgIpc) is 2.62. The van der Waals surface area contributed by atoms with Crippen molar-refractivity contribution < 1.29 is 4.79 Å². The maximum atomic E-state index is 12.2. The standard InChI is InChI=1S/C12H24N2OS/c1-5-10-12(15)14(11(6-2)13-10)9(3)7-8-16-4/h9-11,13H,5-8H2,1-4H3. The van der Waals surface area contributed by atoms with Crippen LogP contribution < -0.4 is 5.32 Å². The highest BCUT2D eigenvalue weighted by Crippen LogP contribution is 2.20. The number of hydrogen-bond donors (Lipinski definition) is 1. The van der Waals surface area contributed by atoms with E-state index in [-0.39, 0.29) is 12.2 Å². The fourth-order valence-electron chi connectivity index (χ4n) is 2.28. The fraction of sp³-hybridized carbons (Fsp3) is 0.917. The summed E-state index contributed by atoms with van der Waals surface area (Å²) in [6, 6.07) is 0.399. The monoisotopic (exact) mass is 244 g/mol. The second-order valence-electron chi connectivity index (χ2n) is 4.43. The minimum Gasteiger partial charge on any atom is -0.323 e. The molecule has 1 aliphatic heterocycles. The molecule has 0 aromatic heterocycles. The van der Waals surface area contributed by atoms with Crippen LogP contribution in [0.15, 0.2) is 0 Å². The van der Waals surface area contributed by atoms with E-state index in [2.05, 4.69) is 37.2 Å². The van der Waals surface area contributed by atoms with Crippen molar-refractivity contribution in [2.45, 2.75) is 58.3 Å². The van der Waals surface area contributed by atoms with E-state index in [1.165, 1.54) is 0 Å². The lowest BCUT2D eigenvalue weighted by Crippen LogP contribution is -2.43. The number of nitrogens with one attached hydrogen (secondary N) is 1. The summed E-state index contributed by atoms with van der Waals surface area (Å²) in [5, 5.41) is 3.42. The molecule has 16 heavy (non-hydrogen) atoms. The first-order chi connectivity index (χ1) is 7.65. The molecule has 1 N–H and O–H groups in total. The summed E-state index contributed by atoms with van der Waals surface area (Å²) in [7, 11) is 0. The van der Waals surface area contributed by atoms with Gasteiger partial charge >= 0.3 is 0 Å². The second kappa shape index (κ2) is 6.50. The van der Waals surface area contributed by atoms with Gasteiger partial charge in [0.1, 0.15) is 0 Å². The van der Waals surface area contributed by atoms with Crippen molar-refractivity contribution in [3.8, 4) is 0 Å². The summed E-state index contributed by atoms with van der Waals surface area (Å²) >= 11 is 1.85. The molecule has 0 bridgehead atoms. The number of nitrogens with zero attached hydrogens (tertiary/aromatic N) is 1.